The van der Waals surface area contributed by atoms with E-state index in [1.54, 1.807) is 0 Å². The molecule has 0 aliphatic heterocycles. The maximum Gasteiger partial charge on any atom is 0.305 e. The van der Waals surface area contributed by atoms with Gasteiger partial charge in [-0.2, -0.15) is 0 Å². The minimum atomic E-state index is -0.0728. The molecule has 3 heteroatoms. The molecule has 0 heterocycles. The van der Waals surface area contributed by atoms with Crippen molar-refractivity contribution in [2.75, 3.05) is 27.7 Å². The summed E-state index contributed by atoms with van der Waals surface area (Å²) < 4.78 is 4.67. The van der Waals surface area contributed by atoms with Crippen molar-refractivity contribution in [3.63, 3.8) is 0 Å². The largest absolute Gasteiger partial charge is 0.469 e. The van der Waals surface area contributed by atoms with Gasteiger partial charge in [0.2, 0.25) is 0 Å². The Morgan fingerprint density at radius 3 is 1.56 bits per heavy atom. The van der Waals surface area contributed by atoms with Crippen molar-refractivity contribution in [2.45, 2.75) is 161 Å². The maximum atomic E-state index is 11.1. The zero-order valence-corrected chi connectivity index (χ0v) is 25.2. The molecule has 0 N–H and O–H groups in total. The van der Waals surface area contributed by atoms with Gasteiger partial charge in [0.25, 0.3) is 0 Å². The van der Waals surface area contributed by atoms with Crippen LogP contribution in [0.5, 0.6) is 0 Å². The summed E-state index contributed by atoms with van der Waals surface area (Å²) in [5.41, 5.74) is 0. The fourth-order valence-electron chi connectivity index (χ4n) is 5.07. The van der Waals surface area contributed by atoms with E-state index in [4.69, 9.17) is 0 Å². The molecule has 1 atom stereocenters. The lowest BCUT2D eigenvalue weighted by atomic mass is 9.91. The summed E-state index contributed by atoms with van der Waals surface area (Å²) in [4.78, 5) is 13.4. The number of allylic oxidation sites excluding steroid dienone is 2. The highest BCUT2D eigenvalue weighted by atomic mass is 16.5. The Morgan fingerprint density at radius 2 is 1.08 bits per heavy atom. The fourth-order valence-corrected chi connectivity index (χ4v) is 5.07. The van der Waals surface area contributed by atoms with Gasteiger partial charge in [-0.1, -0.05) is 128 Å². The van der Waals surface area contributed by atoms with Crippen LogP contribution in [0.1, 0.15) is 161 Å². The molecule has 3 nitrogen and oxygen atoms in total. The number of hydrogen-bond donors (Lipinski definition) is 0. The minimum Gasteiger partial charge on any atom is -0.469 e. The Morgan fingerprint density at radius 1 is 0.639 bits per heavy atom. The number of unbranched alkanes of at least 4 members (excludes halogenated alkanes) is 17. The van der Waals surface area contributed by atoms with Crippen LogP contribution in [-0.4, -0.2) is 38.6 Å². The Bertz CT molecular complexity index is 474. The van der Waals surface area contributed by atoms with E-state index in [1.807, 2.05) is 0 Å². The Balaban J connectivity index is 3.48. The van der Waals surface area contributed by atoms with Crippen LogP contribution in [0.15, 0.2) is 12.2 Å². The van der Waals surface area contributed by atoms with Crippen molar-refractivity contribution in [1.82, 2.24) is 4.90 Å². The van der Waals surface area contributed by atoms with Crippen LogP contribution < -0.4 is 0 Å². The van der Waals surface area contributed by atoms with E-state index in [2.05, 4.69) is 42.8 Å². The third kappa shape index (κ3) is 27.8. The molecular weight excluding hydrogens is 442 g/mol. The third-order valence-corrected chi connectivity index (χ3v) is 7.58. The zero-order valence-electron chi connectivity index (χ0n) is 25.2. The van der Waals surface area contributed by atoms with E-state index < -0.39 is 0 Å². The Kier molecular flexibility index (Phi) is 28.1. The second-order valence-electron chi connectivity index (χ2n) is 11.4. The molecule has 0 amide bonds. The highest BCUT2D eigenvalue weighted by Crippen LogP contribution is 2.22. The van der Waals surface area contributed by atoms with Gasteiger partial charge in [0.15, 0.2) is 0 Å². The van der Waals surface area contributed by atoms with Gasteiger partial charge in [0.1, 0.15) is 0 Å². The molecule has 0 rings (SSSR count). The zero-order chi connectivity index (χ0) is 26.5. The summed E-state index contributed by atoms with van der Waals surface area (Å²) in [5.74, 6) is 0.886. The number of esters is 1. The first-order valence-corrected chi connectivity index (χ1v) is 16.0. The first-order valence-electron chi connectivity index (χ1n) is 16.0. The topological polar surface area (TPSA) is 29.5 Å². The molecular formula is C33H65NO2. The molecule has 0 saturated heterocycles. The van der Waals surface area contributed by atoms with E-state index >= 15 is 0 Å². The second-order valence-corrected chi connectivity index (χ2v) is 11.4. The van der Waals surface area contributed by atoms with Crippen LogP contribution in [0.4, 0.5) is 0 Å². The lowest BCUT2D eigenvalue weighted by molar-refractivity contribution is -0.140. The molecule has 1 unspecified atom stereocenters. The molecule has 0 aromatic carbocycles. The van der Waals surface area contributed by atoms with E-state index in [0.29, 0.717) is 6.42 Å². The van der Waals surface area contributed by atoms with E-state index in [1.165, 1.54) is 148 Å². The van der Waals surface area contributed by atoms with Gasteiger partial charge in [-0.25, -0.2) is 0 Å². The molecule has 0 aliphatic rings. The van der Waals surface area contributed by atoms with Crippen LogP contribution in [0.2, 0.25) is 0 Å². The van der Waals surface area contributed by atoms with Crippen LogP contribution in [-0.2, 0) is 9.53 Å². The Hall–Kier alpha value is -0.830. The second kappa shape index (κ2) is 28.7. The quantitative estimate of drug-likeness (QED) is 0.0599. The van der Waals surface area contributed by atoms with Crippen molar-refractivity contribution in [2.24, 2.45) is 5.92 Å². The molecule has 214 valence electrons. The number of methoxy groups -OCH3 is 1. The van der Waals surface area contributed by atoms with Crippen LogP contribution >= 0.6 is 0 Å². The third-order valence-electron chi connectivity index (χ3n) is 7.58. The highest BCUT2D eigenvalue weighted by molar-refractivity contribution is 5.68. The van der Waals surface area contributed by atoms with Gasteiger partial charge in [-0.3, -0.25) is 4.79 Å². The number of ether oxygens (including phenoxy) is 1. The monoisotopic (exact) mass is 508 g/mol. The highest BCUT2D eigenvalue weighted by Gasteiger charge is 2.09. The van der Waals surface area contributed by atoms with Crippen molar-refractivity contribution in [3.05, 3.63) is 12.2 Å². The Labute approximate surface area is 227 Å². The molecule has 0 saturated carbocycles. The summed E-state index contributed by atoms with van der Waals surface area (Å²) >= 11 is 0. The molecule has 0 radical (unpaired) electrons. The molecule has 0 fully saturated rings. The molecule has 0 bridgehead atoms. The van der Waals surface area contributed by atoms with Gasteiger partial charge < -0.3 is 9.64 Å². The lowest BCUT2D eigenvalue weighted by Crippen LogP contribution is -2.17. The lowest BCUT2D eigenvalue weighted by Gasteiger charge is -2.19. The fraction of sp³-hybridized carbons (Fsp3) is 0.909. The predicted molar refractivity (Wildman–Crippen MR) is 160 cm³/mol. The molecule has 0 aliphatic carbocycles. The smallest absolute Gasteiger partial charge is 0.305 e. The van der Waals surface area contributed by atoms with E-state index in [0.717, 1.165) is 18.8 Å². The van der Waals surface area contributed by atoms with Crippen LogP contribution in [0.3, 0.4) is 0 Å². The van der Waals surface area contributed by atoms with Crippen LogP contribution in [0, 0.1) is 5.92 Å². The average molecular weight is 508 g/mol. The summed E-state index contributed by atoms with van der Waals surface area (Å²) in [5, 5.41) is 0. The average Bonchev–Trinajstić information content (AvgIpc) is 2.87. The van der Waals surface area contributed by atoms with Gasteiger partial charge in [-0.15, -0.1) is 0 Å². The summed E-state index contributed by atoms with van der Waals surface area (Å²) in [6, 6.07) is 0. The number of hydrogen-bond acceptors (Lipinski definition) is 3. The summed E-state index contributed by atoms with van der Waals surface area (Å²) in [7, 11) is 5.91. The van der Waals surface area contributed by atoms with E-state index in [-0.39, 0.29) is 5.97 Å². The van der Waals surface area contributed by atoms with Gasteiger partial charge >= 0.3 is 5.97 Å². The first-order chi connectivity index (χ1) is 17.6. The van der Waals surface area contributed by atoms with Crippen molar-refractivity contribution >= 4 is 5.97 Å². The van der Waals surface area contributed by atoms with E-state index in [9.17, 15) is 4.79 Å². The van der Waals surface area contributed by atoms with Crippen molar-refractivity contribution < 1.29 is 9.53 Å². The van der Waals surface area contributed by atoms with Gasteiger partial charge in [-0.05, 0) is 65.1 Å². The normalized spacial score (nSPS) is 12.6. The van der Waals surface area contributed by atoms with Crippen LogP contribution in [0.25, 0.3) is 0 Å². The molecule has 36 heavy (non-hydrogen) atoms. The summed E-state index contributed by atoms with van der Waals surface area (Å²) in [6.07, 6.45) is 36.6. The van der Waals surface area contributed by atoms with Gasteiger partial charge in [0, 0.05) is 6.42 Å². The van der Waals surface area contributed by atoms with Gasteiger partial charge in [0.05, 0.1) is 7.11 Å². The number of nitrogens with zero attached hydrogens (tertiary/aromatic N) is 1. The first kappa shape index (κ1) is 35.2. The molecule has 0 aromatic rings. The van der Waals surface area contributed by atoms with Crippen molar-refractivity contribution in [1.29, 1.82) is 0 Å². The number of carbonyl (C=O) groups is 1. The minimum absolute atomic E-state index is 0.0728. The standard InChI is InChI=1S/C33H65NO2/c1-5-6-7-21-24-27-32(30-31-34(2)3)28-25-22-19-17-15-13-11-9-8-10-12-14-16-18-20-23-26-29-33(35)36-4/h10,12,32H,5-9,11,13-31H2,1-4H3/b12-10-. The number of rotatable bonds is 28. The number of carbonyl (C=O) groups excluding carboxylic acids is 1. The molecule has 0 aromatic heterocycles. The predicted octanol–water partition coefficient (Wildman–Crippen LogP) is 10.3. The molecule has 0 spiro atoms. The van der Waals surface area contributed by atoms with Crippen molar-refractivity contribution in [3.8, 4) is 0 Å². The summed E-state index contributed by atoms with van der Waals surface area (Å²) in [6.45, 7) is 3.57. The SMILES string of the molecule is CCCCCCCC(CCCCCCCCCC/C=C\CCCCCCCC(=O)OC)CCN(C)C. The maximum absolute atomic E-state index is 11.1.